The summed E-state index contributed by atoms with van der Waals surface area (Å²) in [5.41, 5.74) is 0. The molecule has 0 aliphatic heterocycles. The van der Waals surface area contributed by atoms with E-state index >= 15 is 0 Å². The van der Waals surface area contributed by atoms with Crippen LogP contribution in [0.4, 0.5) is 0 Å². The summed E-state index contributed by atoms with van der Waals surface area (Å²) < 4.78 is 0. The van der Waals surface area contributed by atoms with Crippen LogP contribution in [0.2, 0.25) is 0 Å². The average Bonchev–Trinajstić information content (AvgIpc) is 1.88. The summed E-state index contributed by atoms with van der Waals surface area (Å²) in [6.07, 6.45) is -2.46. The van der Waals surface area contributed by atoms with Crippen LogP contribution in [0.1, 0.15) is 13.8 Å². The molecule has 0 aromatic heterocycles. The number of aliphatic carboxylic acids is 2. The topological polar surface area (TPSA) is 147 Å². The van der Waals surface area contributed by atoms with Crippen LogP contribution in [0.15, 0.2) is 0 Å². The monoisotopic (exact) mass is 240 g/mol. The fourth-order valence-electron chi connectivity index (χ4n) is 0. The van der Waals surface area contributed by atoms with Gasteiger partial charge in [-0.15, -0.1) is 0 Å². The molecule has 0 aliphatic carbocycles. The Kier molecular flexibility index (Phi) is 22.1. The third-order valence-corrected chi connectivity index (χ3v) is 0.715. The quantitative estimate of drug-likeness (QED) is 0.382. The second kappa shape index (κ2) is 13.1. The molecule has 0 heterocycles. The van der Waals surface area contributed by atoms with Crippen molar-refractivity contribution in [1.82, 2.24) is 0 Å². The molecular formula is C6H16CaO7. The first-order chi connectivity index (χ1) is 5.29. The molecule has 84 valence electrons. The number of rotatable bonds is 2. The Bertz CT molecular complexity index is 138. The Morgan fingerprint density at radius 1 is 0.929 bits per heavy atom. The third kappa shape index (κ3) is 22.7. The Labute approximate surface area is 111 Å². The average molecular weight is 240 g/mol. The van der Waals surface area contributed by atoms with Crippen LogP contribution < -0.4 is 0 Å². The van der Waals surface area contributed by atoms with Gasteiger partial charge in [-0.3, -0.25) is 0 Å². The molecule has 0 bridgehead atoms. The van der Waals surface area contributed by atoms with Gasteiger partial charge in [-0.05, 0) is 13.8 Å². The fourth-order valence-corrected chi connectivity index (χ4v) is 0. The summed E-state index contributed by atoms with van der Waals surface area (Å²) in [6.45, 7) is 2.39. The molecule has 6 N–H and O–H groups in total. The number of carboxylic acid groups (broad SMARTS) is 2. The van der Waals surface area contributed by atoms with Crippen molar-refractivity contribution in [3.63, 3.8) is 0 Å². The SMILES string of the molecule is CC(O)C(=O)O.CC(O)C(=O)O.O.[CaH2]. The van der Waals surface area contributed by atoms with E-state index in [4.69, 9.17) is 20.4 Å². The number of carbonyl (C=O) groups is 2. The fraction of sp³-hybridized carbons (Fsp3) is 0.667. The van der Waals surface area contributed by atoms with Gasteiger partial charge < -0.3 is 25.9 Å². The van der Waals surface area contributed by atoms with E-state index < -0.39 is 24.1 Å². The van der Waals surface area contributed by atoms with Gasteiger partial charge in [0.1, 0.15) is 12.2 Å². The third-order valence-electron chi connectivity index (χ3n) is 0.715. The first-order valence-corrected chi connectivity index (χ1v) is 3.10. The van der Waals surface area contributed by atoms with Crippen molar-refractivity contribution in [2.45, 2.75) is 26.1 Å². The van der Waals surface area contributed by atoms with Crippen molar-refractivity contribution < 1.29 is 35.5 Å². The van der Waals surface area contributed by atoms with E-state index in [1.165, 1.54) is 13.8 Å². The second-order valence-corrected chi connectivity index (χ2v) is 2.03. The maximum absolute atomic E-state index is 9.45. The molecule has 0 saturated carbocycles. The molecule has 0 aromatic rings. The first-order valence-electron chi connectivity index (χ1n) is 3.10. The zero-order valence-electron chi connectivity index (χ0n) is 7.26. The van der Waals surface area contributed by atoms with E-state index in [2.05, 4.69) is 0 Å². The van der Waals surface area contributed by atoms with Crippen molar-refractivity contribution in [3.05, 3.63) is 0 Å². The molecule has 0 aliphatic rings. The minimum absolute atomic E-state index is 0. The molecule has 14 heavy (non-hydrogen) atoms. The van der Waals surface area contributed by atoms with E-state index in [1.54, 1.807) is 0 Å². The summed E-state index contributed by atoms with van der Waals surface area (Å²) in [6, 6.07) is 0. The van der Waals surface area contributed by atoms with Crippen molar-refractivity contribution in [3.8, 4) is 0 Å². The van der Waals surface area contributed by atoms with Crippen LogP contribution in [0.25, 0.3) is 0 Å². The van der Waals surface area contributed by atoms with E-state index in [1.807, 2.05) is 0 Å². The summed E-state index contributed by atoms with van der Waals surface area (Å²) in [7, 11) is 0. The molecule has 0 amide bonds. The minimum atomic E-state index is -1.23. The van der Waals surface area contributed by atoms with Crippen molar-refractivity contribution in [2.75, 3.05) is 0 Å². The molecule has 8 heteroatoms. The van der Waals surface area contributed by atoms with Gasteiger partial charge in [0.25, 0.3) is 0 Å². The van der Waals surface area contributed by atoms with Gasteiger partial charge in [0.15, 0.2) is 0 Å². The second-order valence-electron chi connectivity index (χ2n) is 2.03. The van der Waals surface area contributed by atoms with Crippen LogP contribution in [0.3, 0.4) is 0 Å². The predicted molar refractivity (Wildman–Crippen MR) is 50.8 cm³/mol. The summed E-state index contributed by atoms with van der Waals surface area (Å²) in [4.78, 5) is 18.9. The van der Waals surface area contributed by atoms with Crippen LogP contribution in [-0.4, -0.2) is 87.8 Å². The molecule has 2 unspecified atom stereocenters. The molecular weight excluding hydrogens is 224 g/mol. The Morgan fingerprint density at radius 2 is 1.00 bits per heavy atom. The van der Waals surface area contributed by atoms with Gasteiger partial charge >= 0.3 is 49.7 Å². The Hall–Kier alpha value is 0.0797. The molecule has 0 aromatic carbocycles. The van der Waals surface area contributed by atoms with Crippen molar-refractivity contribution in [2.24, 2.45) is 0 Å². The zero-order valence-corrected chi connectivity index (χ0v) is 7.26. The molecule has 0 saturated heterocycles. The van der Waals surface area contributed by atoms with E-state index in [0.29, 0.717) is 0 Å². The van der Waals surface area contributed by atoms with Crippen molar-refractivity contribution in [1.29, 1.82) is 0 Å². The van der Waals surface area contributed by atoms with Crippen LogP contribution >= 0.6 is 0 Å². The zero-order chi connectivity index (χ0) is 10.3. The molecule has 0 rings (SSSR count). The molecule has 2 atom stereocenters. The van der Waals surface area contributed by atoms with Gasteiger partial charge in [0, 0.05) is 0 Å². The van der Waals surface area contributed by atoms with E-state index in [-0.39, 0.29) is 43.2 Å². The number of carboxylic acids is 2. The summed E-state index contributed by atoms with van der Waals surface area (Å²) in [5, 5.41) is 31.5. The van der Waals surface area contributed by atoms with Crippen LogP contribution in [-0.2, 0) is 9.59 Å². The van der Waals surface area contributed by atoms with Crippen LogP contribution in [0.5, 0.6) is 0 Å². The molecule has 0 spiro atoms. The Balaban J connectivity index is -0.0000000625. The van der Waals surface area contributed by atoms with Gasteiger partial charge in [-0.1, -0.05) is 0 Å². The van der Waals surface area contributed by atoms with E-state index in [0.717, 1.165) is 0 Å². The Morgan fingerprint density at radius 3 is 1.00 bits per heavy atom. The molecule has 0 fully saturated rings. The predicted octanol–water partition coefficient (Wildman–Crippen LogP) is -2.84. The molecule has 7 nitrogen and oxygen atoms in total. The van der Waals surface area contributed by atoms with Gasteiger partial charge in [0.2, 0.25) is 0 Å². The normalized spacial score (nSPS) is 11.7. The summed E-state index contributed by atoms with van der Waals surface area (Å²) >= 11 is 0. The molecule has 0 radical (unpaired) electrons. The van der Waals surface area contributed by atoms with Crippen molar-refractivity contribution >= 4 is 49.7 Å². The number of hydrogen-bond acceptors (Lipinski definition) is 4. The van der Waals surface area contributed by atoms with Crippen LogP contribution in [0, 0.1) is 0 Å². The standard InChI is InChI=1S/2C3H6O3.Ca.H2O.2H/c2*1-2(4)3(5)6;;;;/h2*2,4H,1H3,(H,5,6);;1H2;;. The number of aliphatic hydroxyl groups excluding tert-OH is 2. The maximum atomic E-state index is 9.45. The van der Waals surface area contributed by atoms with Gasteiger partial charge in [-0.2, -0.15) is 0 Å². The van der Waals surface area contributed by atoms with Gasteiger partial charge in [0.05, 0.1) is 0 Å². The number of aliphatic hydroxyl groups is 2. The first kappa shape index (κ1) is 23.7. The number of hydrogen-bond donors (Lipinski definition) is 4. The van der Waals surface area contributed by atoms with Gasteiger partial charge in [-0.25, -0.2) is 9.59 Å². The summed E-state index contributed by atoms with van der Waals surface area (Å²) in [5.74, 6) is -2.37. The van der Waals surface area contributed by atoms with E-state index in [9.17, 15) is 9.59 Å².